The molecule has 12 heavy (non-hydrogen) atoms. The molecule has 0 radical (unpaired) electrons. The zero-order valence-electron chi connectivity index (χ0n) is 6.87. The van der Waals surface area contributed by atoms with Gasteiger partial charge in [-0.05, 0) is 12.6 Å². The van der Waals surface area contributed by atoms with Crippen molar-refractivity contribution in [3.63, 3.8) is 0 Å². The van der Waals surface area contributed by atoms with E-state index in [1.807, 2.05) is 30.3 Å². The van der Waals surface area contributed by atoms with Crippen LogP contribution in [0.25, 0.3) is 0 Å². The summed E-state index contributed by atoms with van der Waals surface area (Å²) in [6.45, 7) is -2.09. The maximum absolute atomic E-state index is 12.0. The lowest BCUT2D eigenvalue weighted by molar-refractivity contribution is -0.0144. The van der Waals surface area contributed by atoms with E-state index in [9.17, 15) is 8.78 Å². The number of benzene rings is 1. The van der Waals surface area contributed by atoms with Crippen molar-refractivity contribution in [1.82, 2.24) is 4.90 Å². The van der Waals surface area contributed by atoms with Gasteiger partial charge in [-0.3, -0.25) is 0 Å². The molecular weight excluding hydrogens is 160 g/mol. The largest absolute Gasteiger partial charge is 0.294 e. The number of halogens is 2. The monoisotopic (exact) mass is 171 g/mol. The van der Waals surface area contributed by atoms with E-state index in [0.717, 1.165) is 10.5 Å². The predicted octanol–water partition coefficient (Wildman–Crippen LogP) is 2.34. The molecule has 0 fully saturated rings. The fourth-order valence-electron chi connectivity index (χ4n) is 0.940. The Bertz CT molecular complexity index is 223. The first-order valence-corrected chi connectivity index (χ1v) is 3.72. The molecule has 66 valence electrons. The second-order valence-electron chi connectivity index (χ2n) is 2.68. The fourth-order valence-corrected chi connectivity index (χ4v) is 0.940. The number of hydrogen-bond donors (Lipinski definition) is 0. The zero-order valence-corrected chi connectivity index (χ0v) is 6.87. The van der Waals surface area contributed by atoms with Crippen LogP contribution in [-0.4, -0.2) is 18.5 Å². The van der Waals surface area contributed by atoms with Crippen LogP contribution in [0.15, 0.2) is 30.3 Å². The summed E-state index contributed by atoms with van der Waals surface area (Å²) in [6.07, 6.45) is 0. The van der Waals surface area contributed by atoms with Gasteiger partial charge in [0.25, 0.3) is 6.55 Å². The first-order chi connectivity index (χ1) is 5.70. The summed E-state index contributed by atoms with van der Waals surface area (Å²) in [6, 6.07) is 9.22. The molecular formula is C9H11F2N. The minimum absolute atomic E-state index is 0.290. The molecule has 3 heteroatoms. The Morgan fingerprint density at radius 3 is 2.33 bits per heavy atom. The molecule has 0 aliphatic heterocycles. The molecule has 0 heterocycles. The van der Waals surface area contributed by atoms with Crippen LogP contribution < -0.4 is 0 Å². The standard InChI is InChI=1S/C9H11F2N/c1-12(9(10)11)7-8-5-3-2-4-6-8/h2-6,9H,7H2,1H3. The van der Waals surface area contributed by atoms with Gasteiger partial charge in [-0.1, -0.05) is 30.3 Å². The van der Waals surface area contributed by atoms with Gasteiger partial charge in [0.15, 0.2) is 0 Å². The Morgan fingerprint density at radius 2 is 1.83 bits per heavy atom. The van der Waals surface area contributed by atoms with Crippen LogP contribution in [0.5, 0.6) is 0 Å². The number of hydrogen-bond acceptors (Lipinski definition) is 1. The Morgan fingerprint density at radius 1 is 1.25 bits per heavy atom. The van der Waals surface area contributed by atoms with Crippen LogP contribution >= 0.6 is 0 Å². The van der Waals surface area contributed by atoms with Crippen molar-refractivity contribution in [2.24, 2.45) is 0 Å². The lowest BCUT2D eigenvalue weighted by Crippen LogP contribution is -2.23. The van der Waals surface area contributed by atoms with Crippen LogP contribution in [0.2, 0.25) is 0 Å². The van der Waals surface area contributed by atoms with E-state index in [4.69, 9.17) is 0 Å². The van der Waals surface area contributed by atoms with Gasteiger partial charge in [0.1, 0.15) is 0 Å². The molecule has 0 amide bonds. The van der Waals surface area contributed by atoms with Gasteiger partial charge in [-0.15, -0.1) is 0 Å². The Kier molecular flexibility index (Phi) is 3.17. The summed E-state index contributed by atoms with van der Waals surface area (Å²) in [7, 11) is 1.40. The van der Waals surface area contributed by atoms with Crippen LogP contribution in [0, 0.1) is 0 Å². The summed E-state index contributed by atoms with van der Waals surface area (Å²) in [5.74, 6) is 0. The minimum atomic E-state index is -2.38. The van der Waals surface area contributed by atoms with Gasteiger partial charge in [-0.25, -0.2) is 4.90 Å². The second kappa shape index (κ2) is 4.16. The van der Waals surface area contributed by atoms with E-state index in [2.05, 4.69) is 0 Å². The minimum Gasteiger partial charge on any atom is -0.246 e. The SMILES string of the molecule is CN(Cc1ccccc1)C(F)F. The average molecular weight is 171 g/mol. The quantitative estimate of drug-likeness (QED) is 0.631. The van der Waals surface area contributed by atoms with Crippen LogP contribution in [0.1, 0.15) is 5.56 Å². The smallest absolute Gasteiger partial charge is 0.246 e. The molecule has 1 rings (SSSR count). The highest BCUT2D eigenvalue weighted by Gasteiger charge is 2.09. The topological polar surface area (TPSA) is 3.24 Å². The van der Waals surface area contributed by atoms with Gasteiger partial charge in [-0.2, -0.15) is 8.78 Å². The van der Waals surface area contributed by atoms with Crippen molar-refractivity contribution >= 4 is 0 Å². The maximum atomic E-state index is 12.0. The van der Waals surface area contributed by atoms with Gasteiger partial charge >= 0.3 is 0 Å². The lowest BCUT2D eigenvalue weighted by atomic mass is 10.2. The van der Waals surface area contributed by atoms with Crippen molar-refractivity contribution in [2.75, 3.05) is 7.05 Å². The molecule has 1 aromatic rings. The van der Waals surface area contributed by atoms with E-state index < -0.39 is 6.55 Å². The van der Waals surface area contributed by atoms with Crippen molar-refractivity contribution < 1.29 is 8.78 Å². The summed E-state index contributed by atoms with van der Waals surface area (Å²) in [5, 5.41) is 0. The van der Waals surface area contributed by atoms with E-state index in [0.29, 0.717) is 6.54 Å². The van der Waals surface area contributed by atoms with Gasteiger partial charge in [0.2, 0.25) is 0 Å². The van der Waals surface area contributed by atoms with E-state index >= 15 is 0 Å². The number of nitrogens with zero attached hydrogens (tertiary/aromatic N) is 1. The molecule has 0 atom stereocenters. The Balaban J connectivity index is 2.53. The van der Waals surface area contributed by atoms with E-state index in [1.54, 1.807) is 0 Å². The maximum Gasteiger partial charge on any atom is 0.294 e. The summed E-state index contributed by atoms with van der Waals surface area (Å²) in [4.78, 5) is 0.995. The second-order valence-corrected chi connectivity index (χ2v) is 2.68. The van der Waals surface area contributed by atoms with Crippen LogP contribution in [0.3, 0.4) is 0 Å². The van der Waals surface area contributed by atoms with Gasteiger partial charge in [0.05, 0.1) is 0 Å². The molecule has 1 aromatic carbocycles. The fraction of sp³-hybridized carbons (Fsp3) is 0.333. The van der Waals surface area contributed by atoms with Crippen molar-refractivity contribution in [3.05, 3.63) is 35.9 Å². The molecule has 0 unspecified atom stereocenters. The third-order valence-electron chi connectivity index (χ3n) is 1.61. The first-order valence-electron chi connectivity index (χ1n) is 3.72. The van der Waals surface area contributed by atoms with Gasteiger partial charge in [0, 0.05) is 6.54 Å². The Hall–Kier alpha value is -0.960. The normalized spacial score (nSPS) is 11.1. The van der Waals surface area contributed by atoms with Crippen molar-refractivity contribution in [1.29, 1.82) is 0 Å². The molecule has 0 aliphatic rings. The molecule has 0 bridgehead atoms. The number of rotatable bonds is 3. The predicted molar refractivity (Wildman–Crippen MR) is 43.9 cm³/mol. The highest BCUT2D eigenvalue weighted by molar-refractivity contribution is 5.14. The molecule has 0 saturated heterocycles. The van der Waals surface area contributed by atoms with Gasteiger partial charge < -0.3 is 0 Å². The first kappa shape index (κ1) is 9.13. The Labute approximate surface area is 70.6 Å². The molecule has 0 N–H and O–H groups in total. The third kappa shape index (κ3) is 2.58. The van der Waals surface area contributed by atoms with E-state index in [1.165, 1.54) is 7.05 Å². The van der Waals surface area contributed by atoms with Crippen LogP contribution in [0.4, 0.5) is 8.78 Å². The summed E-state index contributed by atoms with van der Waals surface area (Å²) in [5.41, 5.74) is 0.903. The number of alkyl halides is 2. The molecule has 0 aromatic heterocycles. The lowest BCUT2D eigenvalue weighted by Gasteiger charge is -2.14. The van der Waals surface area contributed by atoms with E-state index in [-0.39, 0.29) is 0 Å². The highest BCUT2D eigenvalue weighted by atomic mass is 19.3. The average Bonchev–Trinajstić information content (AvgIpc) is 2.06. The zero-order chi connectivity index (χ0) is 8.97. The molecule has 1 nitrogen and oxygen atoms in total. The molecule has 0 aliphatic carbocycles. The highest BCUT2D eigenvalue weighted by Crippen LogP contribution is 2.06. The van der Waals surface area contributed by atoms with Crippen LogP contribution in [-0.2, 0) is 6.54 Å². The molecule has 0 spiro atoms. The summed E-state index contributed by atoms with van der Waals surface area (Å²) >= 11 is 0. The molecule has 0 saturated carbocycles. The van der Waals surface area contributed by atoms with Crippen molar-refractivity contribution in [2.45, 2.75) is 13.1 Å². The summed E-state index contributed by atoms with van der Waals surface area (Å²) < 4.78 is 24.1. The van der Waals surface area contributed by atoms with Crippen molar-refractivity contribution in [3.8, 4) is 0 Å². The third-order valence-corrected chi connectivity index (χ3v) is 1.61.